The predicted molar refractivity (Wildman–Crippen MR) is 52.1 cm³/mol. The molecule has 0 spiro atoms. The van der Waals surface area contributed by atoms with Crippen molar-refractivity contribution in [2.75, 3.05) is 6.61 Å². The van der Waals surface area contributed by atoms with Gasteiger partial charge in [-0.1, -0.05) is 30.5 Å². The van der Waals surface area contributed by atoms with Crippen LogP contribution >= 0.6 is 11.6 Å². The number of hydrogen-bond donors (Lipinski definition) is 0. The van der Waals surface area contributed by atoms with Crippen molar-refractivity contribution in [2.45, 2.75) is 19.3 Å². The maximum Gasteiger partial charge on any atom is 0.214 e. The fraction of sp³-hybridized carbons (Fsp3) is 0.500. The molecule has 1 aromatic rings. The van der Waals surface area contributed by atoms with Crippen molar-refractivity contribution >= 4 is 11.6 Å². The highest BCUT2D eigenvalue weighted by molar-refractivity contribution is 6.29. The number of pyridine rings is 1. The average molecular weight is 198 g/mol. The van der Waals surface area contributed by atoms with Gasteiger partial charge >= 0.3 is 0 Å². The Morgan fingerprint density at radius 2 is 2.31 bits per heavy atom. The van der Waals surface area contributed by atoms with Gasteiger partial charge in [-0.3, -0.25) is 0 Å². The minimum absolute atomic E-state index is 0.490. The Bertz CT molecular complexity index is 286. The summed E-state index contributed by atoms with van der Waals surface area (Å²) in [6, 6.07) is 5.43. The highest BCUT2D eigenvalue weighted by Crippen LogP contribution is 2.32. The van der Waals surface area contributed by atoms with Gasteiger partial charge in [-0.15, -0.1) is 0 Å². The van der Waals surface area contributed by atoms with E-state index in [1.54, 1.807) is 6.07 Å². The minimum atomic E-state index is 0.490. The van der Waals surface area contributed by atoms with Crippen LogP contribution in [0.5, 0.6) is 5.88 Å². The van der Waals surface area contributed by atoms with Crippen LogP contribution in [0.1, 0.15) is 19.3 Å². The highest BCUT2D eigenvalue weighted by atomic mass is 35.5. The molecule has 0 aliphatic heterocycles. The maximum absolute atomic E-state index is 5.71. The molecule has 13 heavy (non-hydrogen) atoms. The van der Waals surface area contributed by atoms with Gasteiger partial charge in [-0.25, -0.2) is 4.98 Å². The smallest absolute Gasteiger partial charge is 0.214 e. The lowest BCUT2D eigenvalue weighted by atomic mass is 10.3. The van der Waals surface area contributed by atoms with Crippen molar-refractivity contribution in [1.29, 1.82) is 0 Å². The first-order chi connectivity index (χ1) is 6.34. The zero-order valence-corrected chi connectivity index (χ0v) is 8.13. The normalized spacial score (nSPS) is 15.8. The summed E-state index contributed by atoms with van der Waals surface area (Å²) in [5.41, 5.74) is 0. The van der Waals surface area contributed by atoms with Crippen LogP contribution in [-0.4, -0.2) is 11.6 Å². The van der Waals surface area contributed by atoms with E-state index in [-0.39, 0.29) is 0 Å². The van der Waals surface area contributed by atoms with Gasteiger partial charge in [0.25, 0.3) is 0 Å². The van der Waals surface area contributed by atoms with Crippen molar-refractivity contribution in [3.8, 4) is 5.88 Å². The van der Waals surface area contributed by atoms with Gasteiger partial charge in [0.1, 0.15) is 5.15 Å². The molecule has 0 saturated heterocycles. The molecule has 1 aliphatic carbocycles. The third kappa shape index (κ3) is 2.88. The molecule has 1 aliphatic rings. The lowest BCUT2D eigenvalue weighted by molar-refractivity contribution is 0.291. The third-order valence-corrected chi connectivity index (χ3v) is 2.37. The number of hydrogen-bond acceptors (Lipinski definition) is 2. The second-order valence-electron chi connectivity index (χ2n) is 3.38. The first kappa shape index (κ1) is 8.82. The van der Waals surface area contributed by atoms with E-state index in [0.29, 0.717) is 11.0 Å². The van der Waals surface area contributed by atoms with E-state index in [2.05, 4.69) is 4.98 Å². The summed E-state index contributed by atoms with van der Waals surface area (Å²) < 4.78 is 5.44. The zero-order valence-electron chi connectivity index (χ0n) is 7.37. The van der Waals surface area contributed by atoms with E-state index in [1.807, 2.05) is 12.1 Å². The van der Waals surface area contributed by atoms with Crippen molar-refractivity contribution in [3.05, 3.63) is 23.4 Å². The molecule has 0 unspecified atom stereocenters. The molecule has 1 aromatic heterocycles. The molecule has 1 heterocycles. The second-order valence-corrected chi connectivity index (χ2v) is 3.77. The Morgan fingerprint density at radius 3 is 3.00 bits per heavy atom. The van der Waals surface area contributed by atoms with E-state index < -0.39 is 0 Å². The van der Waals surface area contributed by atoms with Crippen LogP contribution in [0.25, 0.3) is 0 Å². The molecule has 70 valence electrons. The summed E-state index contributed by atoms with van der Waals surface area (Å²) in [6.45, 7) is 0.762. The van der Waals surface area contributed by atoms with Crippen molar-refractivity contribution in [3.63, 3.8) is 0 Å². The Hall–Kier alpha value is -0.760. The van der Waals surface area contributed by atoms with Crippen LogP contribution in [0.4, 0.5) is 0 Å². The first-order valence-electron chi connectivity index (χ1n) is 4.60. The summed E-state index contributed by atoms with van der Waals surface area (Å²) in [6.07, 6.45) is 3.88. The highest BCUT2D eigenvalue weighted by Gasteiger charge is 2.20. The molecule has 3 heteroatoms. The van der Waals surface area contributed by atoms with E-state index in [9.17, 15) is 0 Å². The van der Waals surface area contributed by atoms with Gasteiger partial charge in [0.2, 0.25) is 5.88 Å². The summed E-state index contributed by atoms with van der Waals surface area (Å²) in [4.78, 5) is 4.03. The van der Waals surface area contributed by atoms with Gasteiger partial charge in [0.15, 0.2) is 0 Å². The molecular weight excluding hydrogens is 186 g/mol. The molecular formula is C10H12ClNO. The van der Waals surface area contributed by atoms with Crippen LogP contribution in [0, 0.1) is 5.92 Å². The van der Waals surface area contributed by atoms with Crippen LogP contribution in [-0.2, 0) is 0 Å². The minimum Gasteiger partial charge on any atom is -0.478 e. The monoisotopic (exact) mass is 197 g/mol. The van der Waals surface area contributed by atoms with Crippen LogP contribution in [0.3, 0.4) is 0 Å². The summed E-state index contributed by atoms with van der Waals surface area (Å²) in [5.74, 6) is 1.53. The summed E-state index contributed by atoms with van der Waals surface area (Å²) in [5, 5.41) is 0.490. The summed E-state index contributed by atoms with van der Waals surface area (Å²) in [7, 11) is 0. The first-order valence-corrected chi connectivity index (χ1v) is 4.98. The lowest BCUT2D eigenvalue weighted by Crippen LogP contribution is -1.99. The Kier molecular flexibility index (Phi) is 2.69. The molecule has 0 radical (unpaired) electrons. The predicted octanol–water partition coefficient (Wildman–Crippen LogP) is 2.91. The second kappa shape index (κ2) is 3.97. The number of nitrogens with zero attached hydrogens (tertiary/aromatic N) is 1. The van der Waals surface area contributed by atoms with Gasteiger partial charge in [-0.05, 0) is 18.4 Å². The van der Waals surface area contributed by atoms with E-state index in [4.69, 9.17) is 16.3 Å². The standard InChI is InChI=1S/C10H12ClNO/c11-9-2-1-3-10(12-9)13-7-6-8-4-5-8/h1-3,8H,4-7H2. The van der Waals surface area contributed by atoms with Gasteiger partial charge in [0, 0.05) is 6.07 Å². The molecule has 2 nitrogen and oxygen atoms in total. The topological polar surface area (TPSA) is 22.1 Å². The largest absolute Gasteiger partial charge is 0.478 e. The molecule has 0 N–H and O–H groups in total. The molecule has 0 atom stereocenters. The Morgan fingerprint density at radius 1 is 1.46 bits per heavy atom. The fourth-order valence-electron chi connectivity index (χ4n) is 1.21. The van der Waals surface area contributed by atoms with E-state index >= 15 is 0 Å². The molecule has 0 bridgehead atoms. The lowest BCUT2D eigenvalue weighted by Gasteiger charge is -2.03. The van der Waals surface area contributed by atoms with Crippen LogP contribution in [0.2, 0.25) is 5.15 Å². The van der Waals surface area contributed by atoms with Crippen molar-refractivity contribution < 1.29 is 4.74 Å². The van der Waals surface area contributed by atoms with Crippen LogP contribution < -0.4 is 4.74 Å². The zero-order chi connectivity index (χ0) is 9.10. The Labute approximate surface area is 82.9 Å². The van der Waals surface area contributed by atoms with Gasteiger partial charge < -0.3 is 4.74 Å². The average Bonchev–Trinajstić information content (AvgIpc) is 2.88. The molecule has 1 saturated carbocycles. The van der Waals surface area contributed by atoms with Gasteiger partial charge in [0.05, 0.1) is 6.61 Å². The van der Waals surface area contributed by atoms with E-state index in [0.717, 1.165) is 18.9 Å². The van der Waals surface area contributed by atoms with Gasteiger partial charge in [-0.2, -0.15) is 0 Å². The number of rotatable bonds is 4. The fourth-order valence-corrected chi connectivity index (χ4v) is 1.36. The quantitative estimate of drug-likeness (QED) is 0.693. The molecule has 1 fully saturated rings. The molecule has 2 rings (SSSR count). The van der Waals surface area contributed by atoms with Crippen LogP contribution in [0.15, 0.2) is 18.2 Å². The number of ether oxygens (including phenoxy) is 1. The maximum atomic E-state index is 5.71. The SMILES string of the molecule is Clc1cccc(OCCC2CC2)n1. The molecule has 0 aromatic carbocycles. The third-order valence-electron chi connectivity index (χ3n) is 2.16. The molecule has 0 amide bonds. The summed E-state index contributed by atoms with van der Waals surface area (Å²) >= 11 is 5.71. The van der Waals surface area contributed by atoms with E-state index in [1.165, 1.54) is 12.8 Å². The number of halogens is 1. The van der Waals surface area contributed by atoms with Crippen molar-refractivity contribution in [2.24, 2.45) is 5.92 Å². The Balaban J connectivity index is 1.79. The van der Waals surface area contributed by atoms with Crippen molar-refractivity contribution in [1.82, 2.24) is 4.98 Å². The number of aromatic nitrogens is 1.